The predicted molar refractivity (Wildman–Crippen MR) is 55.9 cm³/mol. The minimum atomic E-state index is 0.255. The highest BCUT2D eigenvalue weighted by Gasteiger charge is 2.21. The molecule has 1 heterocycles. The van der Waals surface area contributed by atoms with Gasteiger partial charge in [-0.3, -0.25) is 4.98 Å². The molecule has 2 atom stereocenters. The fraction of sp³-hybridized carbons (Fsp3) is 0.600. The predicted octanol–water partition coefficient (Wildman–Crippen LogP) is 1.16. The van der Waals surface area contributed by atoms with Gasteiger partial charge in [-0.2, -0.15) is 0 Å². The number of rotatable bonds is 2. The number of anilines is 1. The molecule has 4 heteroatoms. The molecule has 0 amide bonds. The van der Waals surface area contributed by atoms with Gasteiger partial charge in [0, 0.05) is 24.5 Å². The number of nitrogens with one attached hydrogen (secondary N) is 1. The fourth-order valence-electron chi connectivity index (χ4n) is 1.90. The van der Waals surface area contributed by atoms with Crippen LogP contribution in [0.2, 0.25) is 0 Å². The van der Waals surface area contributed by atoms with Crippen molar-refractivity contribution in [2.24, 2.45) is 5.73 Å². The Balaban J connectivity index is 1.96. The molecule has 14 heavy (non-hydrogen) atoms. The van der Waals surface area contributed by atoms with Crippen molar-refractivity contribution in [1.29, 1.82) is 0 Å². The topological polar surface area (TPSA) is 63.8 Å². The Morgan fingerprint density at radius 2 is 2.14 bits per heavy atom. The standard InChI is InChI=1S/C10H16N4/c11-8-3-1-2-4-9(8)14-10-7-12-5-6-13-10/h5-9H,1-4,11H2,(H,13,14). The molecule has 0 aliphatic heterocycles. The van der Waals surface area contributed by atoms with Crippen molar-refractivity contribution in [2.75, 3.05) is 5.32 Å². The molecule has 0 radical (unpaired) electrons. The zero-order valence-corrected chi connectivity index (χ0v) is 8.19. The maximum atomic E-state index is 6.02. The molecule has 1 fully saturated rings. The van der Waals surface area contributed by atoms with Gasteiger partial charge in [-0.05, 0) is 12.8 Å². The summed E-state index contributed by atoms with van der Waals surface area (Å²) in [5.41, 5.74) is 6.02. The molecule has 76 valence electrons. The van der Waals surface area contributed by atoms with Gasteiger partial charge < -0.3 is 11.1 Å². The smallest absolute Gasteiger partial charge is 0.144 e. The number of nitrogens with zero attached hydrogens (tertiary/aromatic N) is 2. The van der Waals surface area contributed by atoms with Gasteiger partial charge in [0.1, 0.15) is 5.82 Å². The van der Waals surface area contributed by atoms with Crippen LogP contribution in [0.15, 0.2) is 18.6 Å². The van der Waals surface area contributed by atoms with Crippen molar-refractivity contribution in [3.05, 3.63) is 18.6 Å². The third kappa shape index (κ3) is 2.20. The second-order valence-corrected chi connectivity index (χ2v) is 3.79. The largest absolute Gasteiger partial charge is 0.365 e. The van der Waals surface area contributed by atoms with Crippen LogP contribution >= 0.6 is 0 Å². The first-order chi connectivity index (χ1) is 6.86. The van der Waals surface area contributed by atoms with Crippen molar-refractivity contribution in [3.8, 4) is 0 Å². The lowest BCUT2D eigenvalue weighted by Crippen LogP contribution is -2.42. The molecule has 1 aromatic rings. The molecule has 0 spiro atoms. The summed E-state index contributed by atoms with van der Waals surface area (Å²) in [6.45, 7) is 0. The summed E-state index contributed by atoms with van der Waals surface area (Å²) >= 11 is 0. The summed E-state index contributed by atoms with van der Waals surface area (Å²) in [5, 5.41) is 3.33. The molecule has 1 aliphatic rings. The fourth-order valence-corrected chi connectivity index (χ4v) is 1.90. The van der Waals surface area contributed by atoms with Gasteiger partial charge in [0.2, 0.25) is 0 Å². The number of aromatic nitrogens is 2. The quantitative estimate of drug-likeness (QED) is 0.738. The molecule has 0 bridgehead atoms. The molecule has 0 aromatic carbocycles. The third-order valence-corrected chi connectivity index (χ3v) is 2.72. The maximum absolute atomic E-state index is 6.02. The van der Waals surface area contributed by atoms with Gasteiger partial charge in [0.15, 0.2) is 0 Å². The van der Waals surface area contributed by atoms with Crippen molar-refractivity contribution >= 4 is 5.82 Å². The van der Waals surface area contributed by atoms with Crippen LogP contribution in [0.1, 0.15) is 25.7 Å². The van der Waals surface area contributed by atoms with Crippen LogP contribution in [-0.4, -0.2) is 22.1 Å². The monoisotopic (exact) mass is 192 g/mol. The van der Waals surface area contributed by atoms with E-state index in [-0.39, 0.29) is 6.04 Å². The third-order valence-electron chi connectivity index (χ3n) is 2.72. The first-order valence-corrected chi connectivity index (χ1v) is 5.14. The maximum Gasteiger partial charge on any atom is 0.144 e. The van der Waals surface area contributed by atoms with Crippen LogP contribution < -0.4 is 11.1 Å². The summed E-state index contributed by atoms with van der Waals surface area (Å²) < 4.78 is 0. The van der Waals surface area contributed by atoms with Crippen molar-refractivity contribution in [2.45, 2.75) is 37.8 Å². The lowest BCUT2D eigenvalue weighted by Gasteiger charge is -2.29. The van der Waals surface area contributed by atoms with E-state index in [1.807, 2.05) is 0 Å². The Hall–Kier alpha value is -1.16. The average Bonchev–Trinajstić information content (AvgIpc) is 2.23. The molecule has 0 saturated heterocycles. The van der Waals surface area contributed by atoms with E-state index < -0.39 is 0 Å². The molecule has 3 N–H and O–H groups in total. The van der Waals surface area contributed by atoms with Gasteiger partial charge in [-0.25, -0.2) is 4.98 Å². The number of nitrogens with two attached hydrogens (primary N) is 1. The van der Waals surface area contributed by atoms with Crippen molar-refractivity contribution in [1.82, 2.24) is 9.97 Å². The highest BCUT2D eigenvalue weighted by Crippen LogP contribution is 2.19. The van der Waals surface area contributed by atoms with E-state index in [4.69, 9.17) is 5.73 Å². The van der Waals surface area contributed by atoms with Crippen LogP contribution in [-0.2, 0) is 0 Å². The van der Waals surface area contributed by atoms with E-state index in [0.717, 1.165) is 18.7 Å². The molecule has 2 rings (SSSR count). The van der Waals surface area contributed by atoms with Crippen molar-refractivity contribution in [3.63, 3.8) is 0 Å². The Bertz CT molecular complexity index is 275. The van der Waals surface area contributed by atoms with Gasteiger partial charge in [-0.1, -0.05) is 12.8 Å². The normalized spacial score (nSPS) is 27.2. The number of hydrogen-bond donors (Lipinski definition) is 2. The lowest BCUT2D eigenvalue weighted by atomic mass is 9.91. The highest BCUT2D eigenvalue weighted by atomic mass is 15.0. The average molecular weight is 192 g/mol. The SMILES string of the molecule is NC1CCCCC1Nc1cnccn1. The lowest BCUT2D eigenvalue weighted by molar-refractivity contribution is 0.403. The summed E-state index contributed by atoms with van der Waals surface area (Å²) in [6, 6.07) is 0.617. The molecular formula is C10H16N4. The summed E-state index contributed by atoms with van der Waals surface area (Å²) in [4.78, 5) is 8.19. The van der Waals surface area contributed by atoms with Crippen LogP contribution in [0.4, 0.5) is 5.82 Å². The summed E-state index contributed by atoms with van der Waals surface area (Å²) in [6.07, 6.45) is 9.85. The van der Waals surface area contributed by atoms with Gasteiger partial charge in [0.25, 0.3) is 0 Å². The molecule has 4 nitrogen and oxygen atoms in total. The highest BCUT2D eigenvalue weighted by molar-refractivity contribution is 5.32. The van der Waals surface area contributed by atoms with Crippen LogP contribution in [0.25, 0.3) is 0 Å². The zero-order chi connectivity index (χ0) is 9.80. The second kappa shape index (κ2) is 4.37. The van der Waals surface area contributed by atoms with E-state index in [1.54, 1.807) is 18.6 Å². The molecular weight excluding hydrogens is 176 g/mol. The molecule has 1 aromatic heterocycles. The van der Waals surface area contributed by atoms with Gasteiger partial charge in [0.05, 0.1) is 6.20 Å². The minimum absolute atomic E-state index is 0.255. The Morgan fingerprint density at radius 1 is 1.29 bits per heavy atom. The second-order valence-electron chi connectivity index (χ2n) is 3.79. The Kier molecular flexibility index (Phi) is 2.93. The van der Waals surface area contributed by atoms with E-state index in [1.165, 1.54) is 12.8 Å². The summed E-state index contributed by atoms with van der Waals surface area (Å²) in [7, 11) is 0. The van der Waals surface area contributed by atoms with E-state index >= 15 is 0 Å². The summed E-state index contributed by atoms with van der Waals surface area (Å²) in [5.74, 6) is 0.829. The molecule has 2 unspecified atom stereocenters. The minimum Gasteiger partial charge on any atom is -0.365 e. The first kappa shape index (κ1) is 9.40. The van der Waals surface area contributed by atoms with E-state index in [2.05, 4.69) is 15.3 Å². The zero-order valence-electron chi connectivity index (χ0n) is 8.19. The van der Waals surface area contributed by atoms with Gasteiger partial charge in [-0.15, -0.1) is 0 Å². The first-order valence-electron chi connectivity index (χ1n) is 5.14. The Morgan fingerprint density at radius 3 is 2.86 bits per heavy atom. The molecule has 1 aliphatic carbocycles. The van der Waals surface area contributed by atoms with E-state index in [0.29, 0.717) is 6.04 Å². The van der Waals surface area contributed by atoms with Crippen LogP contribution in [0.5, 0.6) is 0 Å². The molecule has 1 saturated carbocycles. The van der Waals surface area contributed by atoms with E-state index in [9.17, 15) is 0 Å². The van der Waals surface area contributed by atoms with Crippen molar-refractivity contribution < 1.29 is 0 Å². The van der Waals surface area contributed by atoms with Crippen LogP contribution in [0.3, 0.4) is 0 Å². The van der Waals surface area contributed by atoms with Gasteiger partial charge >= 0.3 is 0 Å². The number of hydrogen-bond acceptors (Lipinski definition) is 4. The van der Waals surface area contributed by atoms with Crippen LogP contribution in [0, 0.1) is 0 Å². The Labute approximate surface area is 83.9 Å².